The fourth-order valence-electron chi connectivity index (χ4n) is 3.19. The maximum Gasteiger partial charge on any atom is 0.167 e. The molecular formula is C18H29N5O4. The lowest BCUT2D eigenvalue weighted by Crippen LogP contribution is -2.35. The molecule has 1 fully saturated rings. The Hall–Kier alpha value is -1.81. The lowest BCUT2D eigenvalue weighted by molar-refractivity contribution is -0.0709. The van der Waals surface area contributed by atoms with Crippen molar-refractivity contribution in [3.8, 4) is 0 Å². The molecule has 4 atom stereocenters. The van der Waals surface area contributed by atoms with Crippen LogP contribution in [0.15, 0.2) is 12.7 Å². The fraction of sp³-hybridized carbons (Fsp3) is 0.722. The summed E-state index contributed by atoms with van der Waals surface area (Å²) in [4.78, 5) is 13.1. The number of hydrogen-bond donors (Lipinski definition) is 3. The number of anilines is 1. The molecule has 2 aromatic heterocycles. The normalized spacial score (nSPS) is 25.3. The predicted molar refractivity (Wildman–Crippen MR) is 100 cm³/mol. The Labute approximate surface area is 158 Å². The first kappa shape index (κ1) is 19.9. The highest BCUT2D eigenvalue weighted by atomic mass is 16.6. The van der Waals surface area contributed by atoms with Crippen LogP contribution in [0.5, 0.6) is 0 Å². The van der Waals surface area contributed by atoms with Crippen molar-refractivity contribution in [2.75, 3.05) is 25.1 Å². The summed E-state index contributed by atoms with van der Waals surface area (Å²) in [5.74, 6) is 0.674. The number of unbranched alkanes of at least 4 members (excludes halogenated alkanes) is 2. The van der Waals surface area contributed by atoms with E-state index in [0.717, 1.165) is 32.2 Å². The summed E-state index contributed by atoms with van der Waals surface area (Å²) >= 11 is 0. The van der Waals surface area contributed by atoms with Crippen LogP contribution in [0.1, 0.15) is 45.8 Å². The molecule has 1 aliphatic rings. The van der Waals surface area contributed by atoms with Gasteiger partial charge in [-0.05, 0) is 12.8 Å². The zero-order valence-electron chi connectivity index (χ0n) is 15.9. The fourth-order valence-corrected chi connectivity index (χ4v) is 3.19. The highest BCUT2D eigenvalue weighted by Gasteiger charge is 2.45. The highest BCUT2D eigenvalue weighted by molar-refractivity contribution is 5.82. The monoisotopic (exact) mass is 379 g/mol. The molecule has 3 heterocycles. The molecular weight excluding hydrogens is 350 g/mol. The first-order valence-electron chi connectivity index (χ1n) is 9.68. The van der Waals surface area contributed by atoms with Crippen molar-refractivity contribution >= 4 is 17.0 Å². The number of aliphatic hydroxyl groups excluding tert-OH is 2. The molecule has 9 heteroatoms. The molecule has 0 aromatic carbocycles. The molecule has 150 valence electrons. The minimum absolute atomic E-state index is 0.281. The summed E-state index contributed by atoms with van der Waals surface area (Å²) in [6.45, 7) is 5.25. The van der Waals surface area contributed by atoms with Gasteiger partial charge in [0.05, 0.1) is 12.9 Å². The Morgan fingerprint density at radius 3 is 2.78 bits per heavy atom. The number of nitrogens with one attached hydrogen (secondary N) is 1. The van der Waals surface area contributed by atoms with Crippen LogP contribution in [0.2, 0.25) is 0 Å². The lowest BCUT2D eigenvalue weighted by atomic mass is 10.1. The van der Waals surface area contributed by atoms with Gasteiger partial charge >= 0.3 is 0 Å². The molecule has 0 spiro atoms. The van der Waals surface area contributed by atoms with E-state index in [4.69, 9.17) is 9.47 Å². The third-order valence-electron chi connectivity index (χ3n) is 4.76. The minimum Gasteiger partial charge on any atom is -0.394 e. The number of aliphatic hydroxyl groups is 2. The summed E-state index contributed by atoms with van der Waals surface area (Å²) in [7, 11) is 0. The Morgan fingerprint density at radius 2 is 2.04 bits per heavy atom. The van der Waals surface area contributed by atoms with Gasteiger partial charge in [-0.1, -0.05) is 26.7 Å². The Balaban J connectivity index is 1.86. The summed E-state index contributed by atoms with van der Waals surface area (Å²) in [6, 6.07) is 0. The van der Waals surface area contributed by atoms with Crippen molar-refractivity contribution in [3.63, 3.8) is 0 Å². The van der Waals surface area contributed by atoms with Crippen LogP contribution in [-0.4, -0.2) is 67.8 Å². The number of imidazole rings is 1. The van der Waals surface area contributed by atoms with Crippen LogP contribution in [0, 0.1) is 0 Å². The average Bonchev–Trinajstić information content (AvgIpc) is 3.24. The van der Waals surface area contributed by atoms with Crippen molar-refractivity contribution in [2.45, 2.75) is 64.1 Å². The van der Waals surface area contributed by atoms with E-state index >= 15 is 0 Å². The van der Waals surface area contributed by atoms with Gasteiger partial charge < -0.3 is 25.0 Å². The van der Waals surface area contributed by atoms with Gasteiger partial charge in [0.2, 0.25) is 0 Å². The van der Waals surface area contributed by atoms with E-state index in [0.29, 0.717) is 23.6 Å². The Kier molecular flexibility index (Phi) is 6.95. The summed E-state index contributed by atoms with van der Waals surface area (Å²) in [6.07, 6.45) is 4.27. The largest absolute Gasteiger partial charge is 0.394 e. The van der Waals surface area contributed by atoms with E-state index in [-0.39, 0.29) is 6.61 Å². The van der Waals surface area contributed by atoms with Crippen molar-refractivity contribution < 1.29 is 19.7 Å². The average molecular weight is 379 g/mol. The number of ether oxygens (including phenoxy) is 2. The van der Waals surface area contributed by atoms with Gasteiger partial charge in [0.25, 0.3) is 0 Å². The standard InChI is InChI=1S/C18H29N5O4/c1-3-5-7-19-16-13-17(21-10-20-16)23(11-22-13)18-15(26-8-6-4-2)14(25)12(9-24)27-18/h10-12,14-15,18,24-25H,3-9H2,1-2H3,(H,19,20,21)/t12-,14-,15-,18-/m1/s1. The van der Waals surface area contributed by atoms with E-state index in [1.807, 2.05) is 0 Å². The molecule has 3 N–H and O–H groups in total. The molecule has 27 heavy (non-hydrogen) atoms. The topological polar surface area (TPSA) is 115 Å². The van der Waals surface area contributed by atoms with Crippen LogP contribution >= 0.6 is 0 Å². The van der Waals surface area contributed by atoms with E-state index < -0.39 is 24.5 Å². The van der Waals surface area contributed by atoms with Gasteiger partial charge in [-0.3, -0.25) is 4.57 Å². The van der Waals surface area contributed by atoms with Gasteiger partial charge in [0.15, 0.2) is 23.2 Å². The van der Waals surface area contributed by atoms with Crippen molar-refractivity contribution in [3.05, 3.63) is 12.7 Å². The lowest BCUT2D eigenvalue weighted by Gasteiger charge is -2.22. The molecule has 1 aliphatic heterocycles. The number of fused-ring (bicyclic) bond motifs is 1. The number of nitrogens with zero attached hydrogens (tertiary/aromatic N) is 4. The molecule has 0 aliphatic carbocycles. The van der Waals surface area contributed by atoms with E-state index in [2.05, 4.69) is 34.1 Å². The molecule has 0 radical (unpaired) electrons. The molecule has 2 aromatic rings. The van der Waals surface area contributed by atoms with Gasteiger partial charge in [-0.25, -0.2) is 15.0 Å². The number of rotatable bonds is 10. The van der Waals surface area contributed by atoms with Gasteiger partial charge in [-0.2, -0.15) is 0 Å². The minimum atomic E-state index is -0.918. The van der Waals surface area contributed by atoms with Crippen LogP contribution in [0.3, 0.4) is 0 Å². The van der Waals surface area contributed by atoms with E-state index in [1.165, 1.54) is 6.33 Å². The van der Waals surface area contributed by atoms with Crippen molar-refractivity contribution in [1.82, 2.24) is 19.5 Å². The van der Waals surface area contributed by atoms with Crippen molar-refractivity contribution in [1.29, 1.82) is 0 Å². The maximum absolute atomic E-state index is 10.5. The maximum atomic E-state index is 10.5. The van der Waals surface area contributed by atoms with E-state index in [1.54, 1.807) is 10.9 Å². The molecule has 0 amide bonds. The molecule has 9 nitrogen and oxygen atoms in total. The zero-order chi connectivity index (χ0) is 19.2. The summed E-state index contributed by atoms with van der Waals surface area (Å²) in [5, 5.41) is 23.3. The SMILES string of the molecule is CCCCNc1ncnc2c1ncn2[C@@H]1O[C@H](CO)[C@@H](O)[C@H]1OCCCC. The van der Waals surface area contributed by atoms with Crippen LogP contribution in [0.25, 0.3) is 11.2 Å². The summed E-state index contributed by atoms with van der Waals surface area (Å²) < 4.78 is 13.5. The number of aromatic nitrogens is 4. The van der Waals surface area contributed by atoms with Crippen LogP contribution in [0.4, 0.5) is 5.82 Å². The van der Waals surface area contributed by atoms with Crippen LogP contribution < -0.4 is 5.32 Å². The molecule has 0 bridgehead atoms. The second-order valence-electron chi connectivity index (χ2n) is 6.75. The predicted octanol–water partition coefficient (Wildman–Crippen LogP) is 1.47. The molecule has 0 unspecified atom stereocenters. The third kappa shape index (κ3) is 4.21. The smallest absolute Gasteiger partial charge is 0.167 e. The van der Waals surface area contributed by atoms with Crippen LogP contribution in [-0.2, 0) is 9.47 Å². The van der Waals surface area contributed by atoms with Gasteiger partial charge in [0, 0.05) is 13.2 Å². The Morgan fingerprint density at radius 1 is 1.22 bits per heavy atom. The first-order chi connectivity index (χ1) is 13.2. The van der Waals surface area contributed by atoms with Gasteiger partial charge in [-0.15, -0.1) is 0 Å². The van der Waals surface area contributed by atoms with Crippen molar-refractivity contribution in [2.24, 2.45) is 0 Å². The quantitative estimate of drug-likeness (QED) is 0.532. The third-order valence-corrected chi connectivity index (χ3v) is 4.76. The summed E-state index contributed by atoms with van der Waals surface area (Å²) in [5.41, 5.74) is 1.25. The first-order valence-corrected chi connectivity index (χ1v) is 9.68. The molecule has 0 saturated carbocycles. The highest BCUT2D eigenvalue weighted by Crippen LogP contribution is 2.34. The number of hydrogen-bond acceptors (Lipinski definition) is 8. The van der Waals surface area contributed by atoms with E-state index in [9.17, 15) is 10.2 Å². The zero-order valence-corrected chi connectivity index (χ0v) is 15.9. The second kappa shape index (κ2) is 9.41. The molecule has 1 saturated heterocycles. The van der Waals surface area contributed by atoms with Gasteiger partial charge in [0.1, 0.15) is 24.6 Å². The second-order valence-corrected chi connectivity index (χ2v) is 6.75. The Bertz CT molecular complexity index is 725. The molecule has 3 rings (SSSR count).